The Labute approximate surface area is 334 Å². The maximum atomic E-state index is 6.72. The van der Waals surface area contributed by atoms with Crippen LogP contribution in [0, 0.1) is 0 Å². The predicted octanol–water partition coefficient (Wildman–Crippen LogP) is 15.4. The van der Waals surface area contributed by atoms with Crippen molar-refractivity contribution in [2.24, 2.45) is 0 Å². The summed E-state index contributed by atoms with van der Waals surface area (Å²) in [5, 5.41) is 6.84. The van der Waals surface area contributed by atoms with E-state index in [0.29, 0.717) is 0 Å². The second-order valence-corrected chi connectivity index (χ2v) is 14.9. The first-order valence-electron chi connectivity index (χ1n) is 19.7. The van der Waals surface area contributed by atoms with Gasteiger partial charge in [0.25, 0.3) is 0 Å². The number of nitrogens with zero attached hydrogens (tertiary/aromatic N) is 2. The molecule has 0 atom stereocenters. The highest BCUT2D eigenvalue weighted by Gasteiger charge is 2.24. The van der Waals surface area contributed by atoms with Crippen molar-refractivity contribution in [3.8, 4) is 27.9 Å². The van der Waals surface area contributed by atoms with Gasteiger partial charge in [-0.25, -0.2) is 0 Å². The molecule has 0 bridgehead atoms. The molecule has 0 aliphatic rings. The van der Waals surface area contributed by atoms with E-state index in [9.17, 15) is 0 Å². The molecular weight excluding hydrogens is 709 g/mol. The summed E-state index contributed by atoms with van der Waals surface area (Å²) in [6.07, 6.45) is 0. The first-order chi connectivity index (χ1) is 28.8. The highest BCUT2D eigenvalue weighted by atomic mass is 16.3. The van der Waals surface area contributed by atoms with Gasteiger partial charge in [0.2, 0.25) is 0 Å². The second-order valence-electron chi connectivity index (χ2n) is 14.9. The quantitative estimate of drug-likeness (QED) is 0.170. The summed E-state index contributed by atoms with van der Waals surface area (Å²) in [6, 6.07) is 73.2. The lowest BCUT2D eigenvalue weighted by atomic mass is 9.93. The lowest BCUT2D eigenvalue weighted by Gasteiger charge is -2.25. The molecular formula is C54H34N2O2. The summed E-state index contributed by atoms with van der Waals surface area (Å²) in [5.41, 5.74) is 14.7. The van der Waals surface area contributed by atoms with Crippen LogP contribution in [0.25, 0.3) is 93.6 Å². The van der Waals surface area contributed by atoms with Crippen molar-refractivity contribution >= 4 is 82.7 Å². The zero-order valence-electron chi connectivity index (χ0n) is 31.3. The molecule has 272 valence electrons. The lowest BCUT2D eigenvalue weighted by Crippen LogP contribution is -2.09. The number of hydrogen-bond donors (Lipinski definition) is 0. The third-order valence-electron chi connectivity index (χ3n) is 11.6. The number of para-hydroxylation sites is 5. The average molecular weight is 743 g/mol. The molecule has 58 heavy (non-hydrogen) atoms. The molecule has 0 aliphatic heterocycles. The highest BCUT2D eigenvalue weighted by Crippen LogP contribution is 2.47. The van der Waals surface area contributed by atoms with Crippen molar-refractivity contribution in [3.63, 3.8) is 0 Å². The van der Waals surface area contributed by atoms with Crippen molar-refractivity contribution in [1.82, 2.24) is 4.57 Å². The van der Waals surface area contributed by atoms with Gasteiger partial charge in [-0.2, -0.15) is 0 Å². The fourth-order valence-electron chi connectivity index (χ4n) is 8.99. The average Bonchev–Trinajstić information content (AvgIpc) is 3.96. The number of benzene rings is 9. The Balaban J connectivity index is 1.13. The van der Waals surface area contributed by atoms with Gasteiger partial charge in [0.15, 0.2) is 0 Å². The molecule has 0 saturated heterocycles. The van der Waals surface area contributed by atoms with Crippen LogP contribution in [0.2, 0.25) is 0 Å². The van der Waals surface area contributed by atoms with E-state index in [1.165, 1.54) is 10.8 Å². The van der Waals surface area contributed by atoms with Crippen molar-refractivity contribution in [2.75, 3.05) is 4.90 Å². The van der Waals surface area contributed by atoms with Gasteiger partial charge in [-0.1, -0.05) is 121 Å². The molecule has 9 aromatic carbocycles. The molecule has 0 amide bonds. The zero-order chi connectivity index (χ0) is 38.2. The Kier molecular flexibility index (Phi) is 7.20. The Morgan fingerprint density at radius 1 is 0.328 bits per heavy atom. The molecule has 0 N–H and O–H groups in total. The third-order valence-corrected chi connectivity index (χ3v) is 11.6. The smallest absolute Gasteiger partial charge is 0.138 e. The van der Waals surface area contributed by atoms with E-state index in [0.717, 1.165) is 99.9 Å². The minimum atomic E-state index is 0.862. The van der Waals surface area contributed by atoms with E-state index in [2.05, 4.69) is 198 Å². The van der Waals surface area contributed by atoms with Crippen LogP contribution in [0.5, 0.6) is 0 Å². The number of fused-ring (bicyclic) bond motifs is 9. The van der Waals surface area contributed by atoms with Gasteiger partial charge in [-0.05, 0) is 95.6 Å². The summed E-state index contributed by atoms with van der Waals surface area (Å²) in [5.74, 6) is 0. The first-order valence-corrected chi connectivity index (χ1v) is 19.7. The minimum Gasteiger partial charge on any atom is -0.456 e. The number of rotatable bonds is 6. The van der Waals surface area contributed by atoms with Crippen molar-refractivity contribution in [2.45, 2.75) is 0 Å². The summed E-state index contributed by atoms with van der Waals surface area (Å²) in [4.78, 5) is 2.31. The monoisotopic (exact) mass is 742 g/mol. The Bertz CT molecular complexity index is 3450. The topological polar surface area (TPSA) is 34.5 Å². The van der Waals surface area contributed by atoms with Crippen LogP contribution in [0.4, 0.5) is 17.1 Å². The first kappa shape index (κ1) is 32.4. The molecule has 12 rings (SSSR count). The summed E-state index contributed by atoms with van der Waals surface area (Å²) in [6.45, 7) is 0. The molecule has 0 spiro atoms. The molecule has 12 aromatic rings. The van der Waals surface area contributed by atoms with E-state index >= 15 is 0 Å². The number of anilines is 3. The van der Waals surface area contributed by atoms with Gasteiger partial charge in [0.05, 0.1) is 11.0 Å². The Morgan fingerprint density at radius 3 is 1.59 bits per heavy atom. The van der Waals surface area contributed by atoms with Gasteiger partial charge >= 0.3 is 0 Å². The molecule has 0 saturated carbocycles. The molecule has 3 heterocycles. The lowest BCUT2D eigenvalue weighted by molar-refractivity contribution is 0.668. The standard InChI is InChI=1S/C54H34N2O2/c1-4-14-38(15-5-1)55(39-16-6-2-7-17-39)41-28-24-35(25-29-41)52-53-43-30-26-37(36-27-31-50-45(32-36)42-20-10-12-22-48(42)57-50)33-46(43)56(40-18-8-3-9-19-40)47(53)34-51-54(52)44-21-11-13-23-49(44)58-51/h1-34H. The zero-order valence-corrected chi connectivity index (χ0v) is 31.3. The van der Waals surface area contributed by atoms with Gasteiger partial charge < -0.3 is 18.3 Å². The van der Waals surface area contributed by atoms with Crippen molar-refractivity contribution in [1.29, 1.82) is 0 Å². The van der Waals surface area contributed by atoms with Crippen LogP contribution in [-0.4, -0.2) is 4.57 Å². The van der Waals surface area contributed by atoms with Gasteiger partial charge in [-0.3, -0.25) is 0 Å². The fourth-order valence-corrected chi connectivity index (χ4v) is 8.99. The number of furan rings is 2. The van der Waals surface area contributed by atoms with E-state index < -0.39 is 0 Å². The Morgan fingerprint density at radius 2 is 0.862 bits per heavy atom. The normalized spacial score (nSPS) is 11.8. The number of aromatic nitrogens is 1. The molecule has 0 radical (unpaired) electrons. The number of hydrogen-bond acceptors (Lipinski definition) is 3. The summed E-state index contributed by atoms with van der Waals surface area (Å²) >= 11 is 0. The van der Waals surface area contributed by atoms with E-state index in [1.54, 1.807) is 0 Å². The molecule has 4 heteroatoms. The second kappa shape index (κ2) is 12.9. The fraction of sp³-hybridized carbons (Fsp3) is 0. The van der Waals surface area contributed by atoms with Gasteiger partial charge in [0.1, 0.15) is 22.3 Å². The summed E-state index contributed by atoms with van der Waals surface area (Å²) in [7, 11) is 0. The molecule has 3 aromatic heterocycles. The minimum absolute atomic E-state index is 0.862. The van der Waals surface area contributed by atoms with E-state index in [4.69, 9.17) is 8.83 Å². The molecule has 0 aliphatic carbocycles. The largest absolute Gasteiger partial charge is 0.456 e. The van der Waals surface area contributed by atoms with E-state index in [-0.39, 0.29) is 0 Å². The van der Waals surface area contributed by atoms with Crippen LogP contribution < -0.4 is 4.90 Å². The molecule has 0 unspecified atom stereocenters. The third kappa shape index (κ3) is 5.02. The highest BCUT2D eigenvalue weighted by molar-refractivity contribution is 6.27. The predicted molar refractivity (Wildman–Crippen MR) is 241 cm³/mol. The van der Waals surface area contributed by atoms with Crippen LogP contribution in [0.15, 0.2) is 215 Å². The Hall–Kier alpha value is -7.82. The SMILES string of the molecule is c1ccc(N(c2ccccc2)c2ccc(-c3c4c(cc5c3c3ccc(-c6ccc7oc8ccccc8c7c6)cc3n5-c3ccccc3)oc3ccccc34)cc2)cc1. The van der Waals surface area contributed by atoms with Gasteiger partial charge in [-0.15, -0.1) is 0 Å². The van der Waals surface area contributed by atoms with Crippen molar-refractivity contribution < 1.29 is 8.83 Å². The molecule has 0 fully saturated rings. The maximum absolute atomic E-state index is 6.72. The van der Waals surface area contributed by atoms with Crippen LogP contribution >= 0.6 is 0 Å². The van der Waals surface area contributed by atoms with Crippen LogP contribution in [-0.2, 0) is 0 Å². The van der Waals surface area contributed by atoms with Gasteiger partial charge in [0, 0.05) is 66.7 Å². The van der Waals surface area contributed by atoms with Crippen LogP contribution in [0.3, 0.4) is 0 Å². The maximum Gasteiger partial charge on any atom is 0.138 e. The van der Waals surface area contributed by atoms with Crippen molar-refractivity contribution in [3.05, 3.63) is 206 Å². The summed E-state index contributed by atoms with van der Waals surface area (Å²) < 4.78 is 15.3. The molecule has 4 nitrogen and oxygen atoms in total. The van der Waals surface area contributed by atoms with E-state index in [1.807, 2.05) is 18.2 Å². The van der Waals surface area contributed by atoms with Crippen LogP contribution in [0.1, 0.15) is 0 Å².